The van der Waals surface area contributed by atoms with E-state index in [0.717, 1.165) is 6.20 Å². The third-order valence-corrected chi connectivity index (χ3v) is 6.72. The van der Waals surface area contributed by atoms with E-state index in [0.29, 0.717) is 45.0 Å². The Hall–Kier alpha value is -1.96. The number of nitrogens with two attached hydrogens (primary N) is 1. The highest BCUT2D eigenvalue weighted by molar-refractivity contribution is 7.89. The van der Waals surface area contributed by atoms with Crippen molar-refractivity contribution in [2.24, 2.45) is 5.73 Å². The van der Waals surface area contributed by atoms with Crippen LogP contribution in [0.2, 0.25) is 0 Å². The lowest BCUT2D eigenvalue weighted by molar-refractivity contribution is -0.228. The SMILES string of the molecule is NC1CCC(N(OC(=O)C(F)(F)F)S(=O)(=O)c2ccc(N3CCOCC3)nc2)CC1. The molecule has 2 aliphatic rings. The number of anilines is 1. The standard InChI is InChI=1S/C17H23F3N4O5S/c18-17(19,20)16(25)29-24(13-3-1-12(21)2-4-13)30(26,27)14-5-6-15(22-11-14)23-7-9-28-10-8-23/h5-6,11-13H,1-4,7-10,21H2. The molecule has 168 valence electrons. The van der Waals surface area contributed by atoms with Gasteiger partial charge in [-0.3, -0.25) is 0 Å². The number of hydroxylamine groups is 1. The number of aromatic nitrogens is 1. The summed E-state index contributed by atoms with van der Waals surface area (Å²) in [5, 5.41) is 0. The maximum Gasteiger partial charge on any atom is 0.492 e. The van der Waals surface area contributed by atoms with E-state index in [9.17, 15) is 26.4 Å². The molecule has 1 saturated carbocycles. The van der Waals surface area contributed by atoms with Crippen molar-refractivity contribution >= 4 is 21.8 Å². The van der Waals surface area contributed by atoms with Crippen LogP contribution in [0.3, 0.4) is 0 Å². The number of morpholine rings is 1. The third-order valence-electron chi connectivity index (χ3n) is 5.03. The lowest BCUT2D eigenvalue weighted by Crippen LogP contribution is -2.47. The van der Waals surface area contributed by atoms with Gasteiger partial charge in [0.05, 0.1) is 19.3 Å². The van der Waals surface area contributed by atoms with Gasteiger partial charge in [-0.05, 0) is 42.3 Å². The van der Waals surface area contributed by atoms with E-state index >= 15 is 0 Å². The highest BCUT2D eigenvalue weighted by Crippen LogP contribution is 2.30. The first-order chi connectivity index (χ1) is 14.1. The fourth-order valence-corrected chi connectivity index (χ4v) is 4.78. The molecule has 1 aromatic heterocycles. The molecule has 0 amide bonds. The summed E-state index contributed by atoms with van der Waals surface area (Å²) < 4.78 is 69.7. The molecule has 2 N–H and O–H groups in total. The van der Waals surface area contributed by atoms with E-state index in [1.165, 1.54) is 12.1 Å². The first-order valence-corrected chi connectivity index (χ1v) is 10.9. The number of ether oxygens (including phenoxy) is 1. The molecular formula is C17H23F3N4O5S. The predicted molar refractivity (Wildman–Crippen MR) is 98.7 cm³/mol. The second-order valence-corrected chi connectivity index (χ2v) is 8.94. The topological polar surface area (TPSA) is 115 Å². The van der Waals surface area contributed by atoms with E-state index in [1.54, 1.807) is 0 Å². The fourth-order valence-electron chi connectivity index (χ4n) is 3.37. The van der Waals surface area contributed by atoms with Crippen LogP contribution in [0.4, 0.5) is 19.0 Å². The fraction of sp³-hybridized carbons (Fsp3) is 0.647. The van der Waals surface area contributed by atoms with E-state index in [2.05, 4.69) is 9.82 Å². The summed E-state index contributed by atoms with van der Waals surface area (Å²) in [6.45, 7) is 2.17. The van der Waals surface area contributed by atoms with Crippen molar-refractivity contribution in [3.63, 3.8) is 0 Å². The van der Waals surface area contributed by atoms with Gasteiger partial charge in [0, 0.05) is 25.3 Å². The normalized spacial score (nSPS) is 23.4. The number of pyridine rings is 1. The minimum Gasteiger partial charge on any atom is -0.378 e. The minimum atomic E-state index is -5.34. The number of carbonyl (C=O) groups is 1. The number of sulfonamides is 1. The van der Waals surface area contributed by atoms with Gasteiger partial charge in [-0.1, -0.05) is 0 Å². The molecule has 0 bridgehead atoms. The molecule has 1 aliphatic heterocycles. The maximum atomic E-state index is 13.0. The number of hydrogen-bond donors (Lipinski definition) is 1. The average Bonchev–Trinajstić information content (AvgIpc) is 2.72. The molecule has 9 nitrogen and oxygen atoms in total. The summed E-state index contributed by atoms with van der Waals surface area (Å²) in [6, 6.07) is 1.56. The first kappa shape index (κ1) is 22.7. The Labute approximate surface area is 171 Å². The molecule has 1 aromatic rings. The van der Waals surface area contributed by atoms with Gasteiger partial charge >= 0.3 is 12.1 Å². The number of halogens is 3. The van der Waals surface area contributed by atoms with Crippen LogP contribution in [0.5, 0.6) is 0 Å². The zero-order chi connectivity index (χ0) is 21.9. The van der Waals surface area contributed by atoms with Crippen LogP contribution >= 0.6 is 0 Å². The number of rotatable bonds is 5. The number of alkyl halides is 3. The number of hydrogen-bond acceptors (Lipinski definition) is 8. The molecule has 0 aromatic carbocycles. The molecule has 0 atom stereocenters. The van der Waals surface area contributed by atoms with Gasteiger partial charge in [0.25, 0.3) is 10.0 Å². The van der Waals surface area contributed by atoms with Crippen molar-refractivity contribution in [3.05, 3.63) is 18.3 Å². The van der Waals surface area contributed by atoms with Gasteiger partial charge in [0.15, 0.2) is 0 Å². The Morgan fingerprint density at radius 3 is 2.37 bits per heavy atom. The highest BCUT2D eigenvalue weighted by atomic mass is 32.2. The van der Waals surface area contributed by atoms with Gasteiger partial charge in [0.1, 0.15) is 10.7 Å². The lowest BCUT2D eigenvalue weighted by atomic mass is 9.92. The molecule has 0 spiro atoms. The highest BCUT2D eigenvalue weighted by Gasteiger charge is 2.46. The first-order valence-electron chi connectivity index (χ1n) is 9.47. The van der Waals surface area contributed by atoms with Gasteiger partial charge < -0.3 is 20.2 Å². The van der Waals surface area contributed by atoms with Crippen molar-refractivity contribution in [3.8, 4) is 0 Å². The molecule has 3 rings (SSSR count). The zero-order valence-electron chi connectivity index (χ0n) is 16.0. The van der Waals surface area contributed by atoms with Crippen LogP contribution in [-0.4, -0.2) is 68.4 Å². The second kappa shape index (κ2) is 9.04. The van der Waals surface area contributed by atoms with Crippen LogP contribution in [0.1, 0.15) is 25.7 Å². The Bertz CT molecular complexity index is 836. The Kier molecular flexibility index (Phi) is 6.84. The minimum absolute atomic E-state index is 0.167. The smallest absolute Gasteiger partial charge is 0.378 e. The molecule has 0 radical (unpaired) electrons. The average molecular weight is 452 g/mol. The van der Waals surface area contributed by atoms with Crippen LogP contribution in [-0.2, 0) is 24.4 Å². The van der Waals surface area contributed by atoms with Gasteiger partial charge in [0.2, 0.25) is 0 Å². The van der Waals surface area contributed by atoms with Crippen LogP contribution < -0.4 is 10.6 Å². The molecule has 1 aliphatic carbocycles. The Morgan fingerprint density at radius 2 is 1.83 bits per heavy atom. The van der Waals surface area contributed by atoms with Crippen LogP contribution in [0, 0.1) is 0 Å². The number of nitrogens with zero attached hydrogens (tertiary/aromatic N) is 3. The third kappa shape index (κ3) is 5.20. The van der Waals surface area contributed by atoms with E-state index in [-0.39, 0.29) is 28.2 Å². The van der Waals surface area contributed by atoms with Crippen molar-refractivity contribution in [1.29, 1.82) is 0 Å². The number of carbonyl (C=O) groups excluding carboxylic acids is 1. The van der Waals surface area contributed by atoms with E-state index in [1.807, 2.05) is 4.90 Å². The summed E-state index contributed by atoms with van der Waals surface area (Å²) in [5.74, 6) is -2.08. The summed E-state index contributed by atoms with van der Waals surface area (Å²) >= 11 is 0. The lowest BCUT2D eigenvalue weighted by Gasteiger charge is -2.33. The van der Waals surface area contributed by atoms with E-state index < -0.39 is 28.2 Å². The van der Waals surface area contributed by atoms with Gasteiger partial charge in [-0.15, -0.1) is 0 Å². The summed E-state index contributed by atoms with van der Waals surface area (Å²) in [6.07, 6.45) is -3.15. The van der Waals surface area contributed by atoms with Crippen molar-refractivity contribution in [2.45, 2.75) is 48.8 Å². The Balaban J connectivity index is 1.85. The molecule has 2 heterocycles. The van der Waals surface area contributed by atoms with Crippen molar-refractivity contribution in [1.82, 2.24) is 9.45 Å². The van der Waals surface area contributed by atoms with Gasteiger partial charge in [-0.2, -0.15) is 13.2 Å². The summed E-state index contributed by atoms with van der Waals surface area (Å²) in [4.78, 5) is 21.4. The molecule has 1 saturated heterocycles. The Morgan fingerprint density at radius 1 is 1.20 bits per heavy atom. The van der Waals surface area contributed by atoms with Crippen molar-refractivity contribution < 1.29 is 36.0 Å². The maximum absolute atomic E-state index is 13.0. The molecule has 13 heteroatoms. The summed E-state index contributed by atoms with van der Waals surface area (Å²) in [5.41, 5.74) is 5.80. The van der Waals surface area contributed by atoms with Crippen LogP contribution in [0.25, 0.3) is 0 Å². The van der Waals surface area contributed by atoms with Gasteiger partial charge in [-0.25, -0.2) is 18.2 Å². The largest absolute Gasteiger partial charge is 0.492 e. The quantitative estimate of drug-likeness (QED) is 0.663. The second-order valence-electron chi connectivity index (χ2n) is 7.16. The molecule has 0 unspecified atom stereocenters. The summed E-state index contributed by atoms with van der Waals surface area (Å²) in [7, 11) is -4.58. The molecular weight excluding hydrogens is 429 g/mol. The van der Waals surface area contributed by atoms with Crippen LogP contribution in [0.15, 0.2) is 23.2 Å². The predicted octanol–water partition coefficient (Wildman–Crippen LogP) is 1.20. The van der Waals surface area contributed by atoms with E-state index in [4.69, 9.17) is 10.5 Å². The molecule has 30 heavy (non-hydrogen) atoms. The monoisotopic (exact) mass is 452 g/mol. The molecule has 2 fully saturated rings. The van der Waals surface area contributed by atoms with Crippen molar-refractivity contribution in [2.75, 3.05) is 31.2 Å². The zero-order valence-corrected chi connectivity index (χ0v) is 16.9.